The van der Waals surface area contributed by atoms with Crippen molar-refractivity contribution in [1.82, 2.24) is 10.3 Å². The van der Waals surface area contributed by atoms with Gasteiger partial charge in [-0.25, -0.2) is 9.18 Å². The number of rotatable bonds is 8. The Morgan fingerprint density at radius 2 is 2.03 bits per heavy atom. The number of halogens is 2. The fraction of sp³-hybridized carbons (Fsp3) is 0.433. The molecule has 1 saturated carbocycles. The molecule has 38 heavy (non-hydrogen) atoms. The molecule has 0 bridgehead atoms. The van der Waals surface area contributed by atoms with Crippen LogP contribution >= 0.6 is 11.6 Å². The lowest BCUT2D eigenvalue weighted by atomic mass is 9.75. The summed E-state index contributed by atoms with van der Waals surface area (Å²) >= 11 is 6.50. The van der Waals surface area contributed by atoms with Gasteiger partial charge in [0, 0.05) is 28.5 Å². The topological polar surface area (TPSA) is 72.8 Å². The summed E-state index contributed by atoms with van der Waals surface area (Å²) in [6.07, 6.45) is 11.4. The first-order valence-electron chi connectivity index (χ1n) is 12.9. The van der Waals surface area contributed by atoms with Crippen LogP contribution in [0.4, 0.5) is 4.39 Å². The van der Waals surface area contributed by atoms with Gasteiger partial charge >= 0.3 is 5.97 Å². The highest BCUT2D eigenvalue weighted by molar-refractivity contribution is 6.31. The summed E-state index contributed by atoms with van der Waals surface area (Å²) in [5, 5.41) is 3.42. The lowest BCUT2D eigenvalue weighted by Gasteiger charge is -2.37. The van der Waals surface area contributed by atoms with Gasteiger partial charge in [0.1, 0.15) is 30.4 Å². The van der Waals surface area contributed by atoms with Gasteiger partial charge in [-0.15, -0.1) is 6.42 Å². The van der Waals surface area contributed by atoms with E-state index in [2.05, 4.69) is 37.0 Å². The number of hydrogen-bond acceptors (Lipinski definition) is 6. The van der Waals surface area contributed by atoms with E-state index in [-0.39, 0.29) is 35.8 Å². The molecule has 0 unspecified atom stereocenters. The summed E-state index contributed by atoms with van der Waals surface area (Å²) in [4.78, 5) is 22.9. The first kappa shape index (κ1) is 27.8. The monoisotopic (exact) mass is 537 g/mol. The standard InChI is InChI=1S/C30H33ClFN3O3/c1-5-14-37-17-25-27(30(36)38-26-15-19(4)6-8-22(26)18(2)3)28(23-9-7-21(32)16-24(23)31)35-29(34-25)20-10-12-33-13-11-20/h1,7,9-13,16,18-19,22,26,28H,6,8,14-15,17H2,2-4H3,(H,34,35)/t19-,22+,26-,28+/m1/s1. The maximum Gasteiger partial charge on any atom is 0.338 e. The number of carbonyl (C=O) groups excluding carboxylic acids is 1. The number of esters is 1. The molecular formula is C30H33ClFN3O3. The second kappa shape index (κ2) is 12.6. The van der Waals surface area contributed by atoms with Gasteiger partial charge in [-0.2, -0.15) is 0 Å². The first-order valence-corrected chi connectivity index (χ1v) is 13.3. The highest BCUT2D eigenvalue weighted by atomic mass is 35.5. The Morgan fingerprint density at radius 1 is 1.26 bits per heavy atom. The van der Waals surface area contributed by atoms with Crippen LogP contribution in [0.15, 0.2) is 59.0 Å². The van der Waals surface area contributed by atoms with E-state index in [4.69, 9.17) is 32.5 Å². The van der Waals surface area contributed by atoms with Gasteiger partial charge in [0.05, 0.1) is 17.9 Å². The second-order valence-corrected chi connectivity index (χ2v) is 10.7. The van der Waals surface area contributed by atoms with Crippen LogP contribution in [-0.4, -0.2) is 36.1 Å². The number of nitrogens with one attached hydrogen (secondary N) is 1. The highest BCUT2D eigenvalue weighted by Crippen LogP contribution is 2.39. The van der Waals surface area contributed by atoms with E-state index < -0.39 is 17.8 Å². The Morgan fingerprint density at radius 3 is 2.71 bits per heavy atom. The van der Waals surface area contributed by atoms with Crippen molar-refractivity contribution >= 4 is 23.4 Å². The number of ether oxygens (including phenoxy) is 2. The number of amidine groups is 1. The van der Waals surface area contributed by atoms with E-state index in [1.807, 2.05) is 0 Å². The van der Waals surface area contributed by atoms with Gasteiger partial charge in [0.15, 0.2) is 0 Å². The Bertz CT molecular complexity index is 1260. The molecule has 8 heteroatoms. The molecule has 2 heterocycles. The van der Waals surface area contributed by atoms with Crippen LogP contribution in [0.3, 0.4) is 0 Å². The first-order chi connectivity index (χ1) is 18.3. The molecular weight excluding hydrogens is 505 g/mol. The molecule has 1 fully saturated rings. The van der Waals surface area contributed by atoms with Crippen LogP contribution in [0.25, 0.3) is 0 Å². The van der Waals surface area contributed by atoms with Crippen LogP contribution in [0.1, 0.15) is 57.2 Å². The van der Waals surface area contributed by atoms with Crippen molar-refractivity contribution in [2.75, 3.05) is 13.2 Å². The fourth-order valence-corrected chi connectivity index (χ4v) is 5.49. The number of hydrogen-bond donors (Lipinski definition) is 1. The Balaban J connectivity index is 1.78. The van der Waals surface area contributed by atoms with E-state index in [1.54, 1.807) is 30.6 Å². The molecule has 1 aliphatic heterocycles. The molecule has 0 radical (unpaired) electrons. The molecule has 0 saturated heterocycles. The third-order valence-corrected chi connectivity index (χ3v) is 7.54. The van der Waals surface area contributed by atoms with Gasteiger partial charge in [-0.1, -0.05) is 50.8 Å². The minimum atomic E-state index is -0.844. The predicted molar refractivity (Wildman–Crippen MR) is 146 cm³/mol. The molecule has 2 aliphatic rings. The summed E-state index contributed by atoms with van der Waals surface area (Å²) in [6.45, 7) is 6.60. The number of aromatic nitrogens is 1. The molecule has 1 N–H and O–H groups in total. The van der Waals surface area contributed by atoms with Crippen LogP contribution in [0, 0.1) is 35.9 Å². The Kier molecular flexibility index (Phi) is 9.19. The molecule has 1 aliphatic carbocycles. The van der Waals surface area contributed by atoms with Gasteiger partial charge in [-0.3, -0.25) is 9.98 Å². The molecule has 2 aromatic rings. The van der Waals surface area contributed by atoms with Gasteiger partial charge < -0.3 is 14.8 Å². The van der Waals surface area contributed by atoms with Crippen molar-refractivity contribution in [3.05, 3.63) is 76.0 Å². The molecule has 0 spiro atoms. The molecule has 0 amide bonds. The zero-order valence-corrected chi connectivity index (χ0v) is 22.7. The molecule has 200 valence electrons. The number of benzene rings is 1. The van der Waals surface area contributed by atoms with E-state index in [1.165, 1.54) is 12.1 Å². The zero-order chi connectivity index (χ0) is 27.2. The maximum atomic E-state index is 14.0. The van der Waals surface area contributed by atoms with E-state index >= 15 is 0 Å². The summed E-state index contributed by atoms with van der Waals surface area (Å²) < 4.78 is 25.9. The Labute approximate surface area is 228 Å². The summed E-state index contributed by atoms with van der Waals surface area (Å²) in [5.74, 6) is 3.07. The van der Waals surface area contributed by atoms with Crippen LogP contribution < -0.4 is 5.32 Å². The van der Waals surface area contributed by atoms with Crippen molar-refractivity contribution < 1.29 is 18.7 Å². The largest absolute Gasteiger partial charge is 0.459 e. The van der Waals surface area contributed by atoms with Crippen LogP contribution in [0.2, 0.25) is 5.02 Å². The van der Waals surface area contributed by atoms with Gasteiger partial charge in [0.2, 0.25) is 0 Å². The maximum absolute atomic E-state index is 14.0. The number of pyridine rings is 1. The van der Waals surface area contributed by atoms with Crippen LogP contribution in [-0.2, 0) is 14.3 Å². The average Bonchev–Trinajstić information content (AvgIpc) is 2.89. The molecule has 4 atom stereocenters. The lowest BCUT2D eigenvalue weighted by Crippen LogP contribution is -2.39. The minimum absolute atomic E-state index is 0.0305. The third kappa shape index (κ3) is 6.43. The Hall–Kier alpha value is -3.21. The minimum Gasteiger partial charge on any atom is -0.459 e. The molecule has 4 rings (SSSR count). The third-order valence-electron chi connectivity index (χ3n) is 7.21. The molecule has 1 aromatic carbocycles. The predicted octanol–water partition coefficient (Wildman–Crippen LogP) is 5.87. The SMILES string of the molecule is C#CCOCC1=C(C(=O)O[C@@H]2C[C@H](C)CC[C@H]2C(C)C)[C@H](c2ccc(F)cc2Cl)N=C(c2ccncc2)N1. The van der Waals surface area contributed by atoms with Crippen molar-refractivity contribution in [3.8, 4) is 12.3 Å². The quantitative estimate of drug-likeness (QED) is 0.259. The van der Waals surface area contributed by atoms with Crippen LogP contribution in [0.5, 0.6) is 0 Å². The van der Waals surface area contributed by atoms with E-state index in [0.29, 0.717) is 28.9 Å². The van der Waals surface area contributed by atoms with Crippen molar-refractivity contribution in [1.29, 1.82) is 0 Å². The normalized spacial score (nSPS) is 23.4. The lowest BCUT2D eigenvalue weighted by molar-refractivity contribution is -0.151. The van der Waals surface area contributed by atoms with Gasteiger partial charge in [-0.05, 0) is 54.9 Å². The fourth-order valence-electron chi connectivity index (χ4n) is 5.22. The van der Waals surface area contributed by atoms with E-state index in [9.17, 15) is 9.18 Å². The second-order valence-electron chi connectivity index (χ2n) is 10.3. The number of nitrogens with zero attached hydrogens (tertiary/aromatic N) is 2. The summed E-state index contributed by atoms with van der Waals surface area (Å²) in [6, 6.07) is 6.83. The average molecular weight is 538 g/mol. The van der Waals surface area contributed by atoms with Crippen molar-refractivity contribution in [2.24, 2.45) is 22.7 Å². The van der Waals surface area contributed by atoms with E-state index in [0.717, 1.165) is 24.8 Å². The zero-order valence-electron chi connectivity index (χ0n) is 21.9. The van der Waals surface area contributed by atoms with Crippen molar-refractivity contribution in [2.45, 2.75) is 52.2 Å². The summed E-state index contributed by atoms with van der Waals surface area (Å²) in [5.41, 5.74) is 1.99. The smallest absolute Gasteiger partial charge is 0.338 e. The number of terminal acetylenes is 1. The van der Waals surface area contributed by atoms with Crippen molar-refractivity contribution in [3.63, 3.8) is 0 Å². The van der Waals surface area contributed by atoms with Gasteiger partial charge in [0.25, 0.3) is 0 Å². The molecule has 1 aromatic heterocycles. The number of carbonyl (C=O) groups is 1. The highest BCUT2D eigenvalue weighted by Gasteiger charge is 2.38. The number of aliphatic imine (C=N–C) groups is 1. The summed E-state index contributed by atoms with van der Waals surface area (Å²) in [7, 11) is 0. The molecule has 6 nitrogen and oxygen atoms in total.